The Morgan fingerprint density at radius 3 is 1.86 bits per heavy atom. The average Bonchev–Trinajstić information content (AvgIpc) is 2.52. The molecule has 3 heteroatoms. The van der Waals surface area contributed by atoms with Crippen molar-refractivity contribution in [1.82, 2.24) is 0 Å². The van der Waals surface area contributed by atoms with E-state index in [0.717, 1.165) is 14.9 Å². The predicted octanol–water partition coefficient (Wildman–Crippen LogP) is 5.72. The van der Waals surface area contributed by atoms with Crippen LogP contribution in [0.1, 0.15) is 31.4 Å². The van der Waals surface area contributed by atoms with E-state index in [1.165, 1.54) is 23.2 Å². The maximum Gasteiger partial charge on any atom is 0.230 e. The van der Waals surface area contributed by atoms with Crippen LogP contribution in [-0.2, 0) is 0 Å². The Bertz CT molecular complexity index is 488. The topological polar surface area (TPSA) is 0 Å². The van der Waals surface area contributed by atoms with Crippen LogP contribution < -0.4 is 0 Å². The van der Waals surface area contributed by atoms with Crippen molar-refractivity contribution in [2.24, 2.45) is 5.41 Å². The molecule has 0 aliphatic rings. The summed E-state index contributed by atoms with van der Waals surface area (Å²) in [4.78, 5) is 2.27. The summed E-state index contributed by atoms with van der Waals surface area (Å²) >= 11 is 2.36. The molecule has 0 aliphatic carbocycles. The van der Waals surface area contributed by atoms with Gasteiger partial charge in [-0.05, 0) is 48.0 Å². The maximum atomic E-state index is 2.38. The van der Waals surface area contributed by atoms with Crippen LogP contribution in [0.3, 0.4) is 0 Å². The molecule has 0 saturated carbocycles. The van der Waals surface area contributed by atoms with E-state index in [2.05, 4.69) is 102 Å². The van der Waals surface area contributed by atoms with Crippen molar-refractivity contribution >= 4 is 35.7 Å². The van der Waals surface area contributed by atoms with Gasteiger partial charge in [0.1, 0.15) is 0 Å². The van der Waals surface area contributed by atoms with E-state index in [1.54, 1.807) is 0 Å². The fourth-order valence-electron chi connectivity index (χ4n) is 2.51. The summed E-state index contributed by atoms with van der Waals surface area (Å²) in [5.41, 5.74) is 3.01. The van der Waals surface area contributed by atoms with E-state index in [0.29, 0.717) is 5.41 Å². The van der Waals surface area contributed by atoms with Gasteiger partial charge in [-0.15, -0.1) is 8.46 Å². The van der Waals surface area contributed by atoms with Gasteiger partial charge in [0.15, 0.2) is 0 Å². The van der Waals surface area contributed by atoms with Crippen molar-refractivity contribution in [2.75, 3.05) is 6.16 Å². The first-order valence-corrected chi connectivity index (χ1v) is 9.77. The zero-order chi connectivity index (χ0) is 15.1. The van der Waals surface area contributed by atoms with Gasteiger partial charge in [0, 0.05) is 36.6 Å². The second kappa shape index (κ2) is 8.24. The van der Waals surface area contributed by atoms with Crippen LogP contribution in [0.25, 0.3) is 0 Å². The quantitative estimate of drug-likeness (QED) is 0.239. The molecule has 0 aromatic heterocycles. The third-order valence-electron chi connectivity index (χ3n) is 3.56. The summed E-state index contributed by atoms with van der Waals surface area (Å²) in [6.07, 6.45) is 2.36. The molecular weight excluding hydrogens is 385 g/mol. The van der Waals surface area contributed by atoms with Gasteiger partial charge >= 0.3 is 0 Å². The second-order valence-electron chi connectivity index (χ2n) is 6.04. The van der Waals surface area contributed by atoms with Gasteiger partial charge in [-0.3, -0.25) is 0 Å². The Morgan fingerprint density at radius 1 is 0.952 bits per heavy atom. The molecule has 0 N–H and O–H groups in total. The molecule has 0 bridgehead atoms. The first-order valence-electron chi connectivity index (χ1n) is 7.24. The Kier molecular flexibility index (Phi) is 6.63. The van der Waals surface area contributed by atoms with Crippen molar-refractivity contribution in [1.29, 1.82) is 0 Å². The summed E-state index contributed by atoms with van der Waals surface area (Å²) in [5.74, 6) is 1.46. The molecule has 0 heterocycles. The molecule has 0 amide bonds. The minimum Gasteiger partial charge on any atom is -0.152 e. The maximum absolute atomic E-state index is 2.38. The fraction of sp³-hybridized carbons (Fsp3) is 0.278. The van der Waals surface area contributed by atoms with Gasteiger partial charge in [-0.25, -0.2) is 0 Å². The number of halogens is 1. The van der Waals surface area contributed by atoms with Crippen LogP contribution in [0.5, 0.6) is 0 Å². The molecule has 0 spiro atoms. The van der Waals surface area contributed by atoms with Gasteiger partial charge < -0.3 is 0 Å². The molecule has 2 rings (SSSR count). The Morgan fingerprint density at radius 2 is 1.43 bits per heavy atom. The molecule has 0 aliphatic heterocycles. The smallest absolute Gasteiger partial charge is 0.152 e. The fourth-order valence-corrected chi connectivity index (χ4v) is 3.92. The highest BCUT2D eigenvalue weighted by Crippen LogP contribution is 2.38. The van der Waals surface area contributed by atoms with E-state index in [4.69, 9.17) is 0 Å². The largest absolute Gasteiger partial charge is 0.230 e. The molecule has 0 fully saturated rings. The Balaban J connectivity index is 2.25. The second-order valence-corrected chi connectivity index (χ2v) is 8.89. The average molecular weight is 406 g/mol. The normalized spacial score (nSPS) is 11.8. The monoisotopic (exact) mass is 406 g/mol. The molecule has 1 unspecified atom stereocenters. The van der Waals surface area contributed by atoms with Gasteiger partial charge in [0.25, 0.3) is 0 Å². The van der Waals surface area contributed by atoms with Crippen LogP contribution in [0.2, 0.25) is 0 Å². The summed E-state index contributed by atoms with van der Waals surface area (Å²) in [6.45, 7) is 4.76. The minimum absolute atomic E-state index is 0.321. The lowest BCUT2D eigenvalue weighted by molar-refractivity contribution is 0.406. The van der Waals surface area contributed by atoms with Crippen molar-refractivity contribution in [3.05, 3.63) is 77.7 Å². The van der Waals surface area contributed by atoms with E-state index < -0.39 is 0 Å². The van der Waals surface area contributed by atoms with Crippen LogP contribution in [0.4, 0.5) is 0 Å². The van der Waals surface area contributed by atoms with Crippen LogP contribution in [0.15, 0.2) is 60.7 Å². The molecular formula is C18H21BIP+. The highest BCUT2D eigenvalue weighted by molar-refractivity contribution is 14.1. The molecule has 0 nitrogen and oxygen atoms in total. The SMILES string of the molecule is CC(C)(CP[B]I)C[C+](c1ccccc1)c1ccccc1. The van der Waals surface area contributed by atoms with Crippen LogP contribution in [-0.4, -0.2) is 11.0 Å². The lowest BCUT2D eigenvalue weighted by atomic mass is 9.78. The predicted molar refractivity (Wildman–Crippen MR) is 106 cm³/mol. The van der Waals surface area contributed by atoms with Gasteiger partial charge in [0.2, 0.25) is 4.86 Å². The van der Waals surface area contributed by atoms with E-state index in [-0.39, 0.29) is 0 Å². The molecule has 0 saturated heterocycles. The van der Waals surface area contributed by atoms with Gasteiger partial charge in [0.05, 0.1) is 11.1 Å². The number of hydrogen-bond acceptors (Lipinski definition) is 0. The highest BCUT2D eigenvalue weighted by Gasteiger charge is 2.29. The molecule has 21 heavy (non-hydrogen) atoms. The lowest BCUT2D eigenvalue weighted by Crippen LogP contribution is -2.20. The standard InChI is InChI=1S/C18H21BIP/c1-18(2,14-21-19-20)13-17(15-9-5-3-6-10-15)16-11-7-4-8-12-16/h3-12,21H,13-14H2,1-2H3/q+1. The Labute approximate surface area is 145 Å². The third-order valence-corrected chi connectivity index (χ3v) is 6.19. The number of rotatable bonds is 7. The summed E-state index contributed by atoms with van der Waals surface area (Å²) < 4.78 is 0. The molecule has 1 atom stereocenters. The van der Waals surface area contributed by atoms with E-state index in [1.807, 2.05) is 0 Å². The van der Waals surface area contributed by atoms with E-state index in [9.17, 15) is 0 Å². The highest BCUT2D eigenvalue weighted by atomic mass is 127. The Hall–Kier alpha value is -0.465. The summed E-state index contributed by atoms with van der Waals surface area (Å²) in [6, 6.07) is 21.6. The van der Waals surface area contributed by atoms with Crippen molar-refractivity contribution in [2.45, 2.75) is 20.3 Å². The van der Waals surface area contributed by atoms with Crippen LogP contribution in [0, 0.1) is 11.3 Å². The number of benzene rings is 2. The molecule has 107 valence electrons. The van der Waals surface area contributed by atoms with E-state index >= 15 is 0 Å². The zero-order valence-electron chi connectivity index (χ0n) is 12.6. The van der Waals surface area contributed by atoms with Crippen molar-refractivity contribution in [3.63, 3.8) is 0 Å². The molecule has 1 radical (unpaired) electrons. The molecule has 2 aromatic carbocycles. The number of hydrogen-bond donors (Lipinski definition) is 0. The zero-order valence-corrected chi connectivity index (χ0v) is 15.8. The van der Waals surface area contributed by atoms with Crippen LogP contribution >= 0.6 is 30.8 Å². The summed E-state index contributed by atoms with van der Waals surface area (Å²) in [5, 5.41) is 0. The third kappa shape index (κ3) is 5.34. The van der Waals surface area contributed by atoms with Crippen molar-refractivity contribution < 1.29 is 0 Å². The summed E-state index contributed by atoms with van der Waals surface area (Å²) in [7, 11) is 0.929. The minimum atomic E-state index is 0.321. The van der Waals surface area contributed by atoms with Crippen molar-refractivity contribution in [3.8, 4) is 0 Å². The van der Waals surface area contributed by atoms with Gasteiger partial charge in [-0.1, -0.05) is 13.8 Å². The molecule has 2 aromatic rings. The lowest BCUT2D eigenvalue weighted by Gasteiger charge is -2.27. The first kappa shape index (κ1) is 16.9. The first-order chi connectivity index (χ1) is 10.1. The van der Waals surface area contributed by atoms with Gasteiger partial charge in [-0.2, -0.15) is 22.4 Å².